The predicted octanol–water partition coefficient (Wildman–Crippen LogP) is 2.95. The fourth-order valence-electron chi connectivity index (χ4n) is 4.11. The Balaban J connectivity index is 1.84. The van der Waals surface area contributed by atoms with Crippen LogP contribution in [0.4, 0.5) is 0 Å². The molecule has 104 valence electrons. The van der Waals surface area contributed by atoms with Gasteiger partial charge in [-0.15, -0.1) is 0 Å². The smallest absolute Gasteiger partial charge is 0.0340 e. The molecule has 0 spiro atoms. The molecule has 2 nitrogen and oxygen atoms in total. The largest absolute Gasteiger partial charge is 0.329 e. The molecular formula is C17H26N2. The Hall–Kier alpha value is -0.860. The van der Waals surface area contributed by atoms with Crippen LogP contribution in [0.1, 0.15) is 44.2 Å². The summed E-state index contributed by atoms with van der Waals surface area (Å²) in [4.78, 5) is 2.67. The molecule has 3 rings (SSSR count). The molecule has 2 N–H and O–H groups in total. The summed E-state index contributed by atoms with van der Waals surface area (Å²) in [5.41, 5.74) is 9.94. The summed E-state index contributed by atoms with van der Waals surface area (Å²) < 4.78 is 0. The van der Waals surface area contributed by atoms with Crippen LogP contribution in [0.15, 0.2) is 24.3 Å². The normalized spacial score (nSPS) is 30.3. The Morgan fingerprint density at radius 3 is 2.53 bits per heavy atom. The zero-order valence-corrected chi connectivity index (χ0v) is 12.3. The monoisotopic (exact) mass is 258 g/mol. The molecule has 1 aliphatic heterocycles. The molecule has 0 radical (unpaired) electrons. The molecule has 1 aliphatic carbocycles. The van der Waals surface area contributed by atoms with Crippen LogP contribution in [0, 0.1) is 5.41 Å². The fraction of sp³-hybridized carbons (Fsp3) is 0.647. The first-order chi connectivity index (χ1) is 9.05. The van der Waals surface area contributed by atoms with Gasteiger partial charge in [0.05, 0.1) is 0 Å². The van der Waals surface area contributed by atoms with E-state index in [1.54, 1.807) is 0 Å². The lowest BCUT2D eigenvalue weighted by atomic mass is 9.85. The summed E-state index contributed by atoms with van der Waals surface area (Å²) in [6.07, 6.45) is 5.00. The van der Waals surface area contributed by atoms with E-state index in [1.807, 2.05) is 0 Å². The molecule has 1 aromatic rings. The fourth-order valence-corrected chi connectivity index (χ4v) is 4.11. The third-order valence-electron chi connectivity index (χ3n) is 5.26. The molecule has 0 aromatic heterocycles. The molecule has 1 aromatic carbocycles. The molecule has 19 heavy (non-hydrogen) atoms. The highest BCUT2D eigenvalue weighted by molar-refractivity contribution is 5.29. The molecule has 2 heteroatoms. The molecule has 2 aliphatic rings. The molecule has 1 unspecified atom stereocenters. The standard InChI is InChI=1S/C17H26N2/c1-16(2)8-9-17(12-16,13-18)19-10-7-14-5-3-4-6-15(14)11-19/h3-6H,7-13,18H2,1-2H3. The maximum absolute atomic E-state index is 6.20. The number of nitrogens with two attached hydrogens (primary N) is 1. The summed E-state index contributed by atoms with van der Waals surface area (Å²) in [7, 11) is 0. The topological polar surface area (TPSA) is 29.3 Å². The van der Waals surface area contributed by atoms with Gasteiger partial charge in [-0.05, 0) is 42.2 Å². The second-order valence-electron chi connectivity index (χ2n) is 7.21. The highest BCUT2D eigenvalue weighted by Crippen LogP contribution is 2.47. The first kappa shape index (κ1) is 13.1. The summed E-state index contributed by atoms with van der Waals surface area (Å²) in [6.45, 7) is 7.84. The van der Waals surface area contributed by atoms with Crippen molar-refractivity contribution in [1.82, 2.24) is 4.90 Å². The van der Waals surface area contributed by atoms with E-state index >= 15 is 0 Å². The van der Waals surface area contributed by atoms with Crippen LogP contribution < -0.4 is 5.73 Å². The number of fused-ring (bicyclic) bond motifs is 1. The number of rotatable bonds is 2. The highest BCUT2D eigenvalue weighted by Gasteiger charge is 2.46. The minimum absolute atomic E-state index is 0.247. The molecule has 0 saturated heterocycles. The van der Waals surface area contributed by atoms with Gasteiger partial charge in [0.1, 0.15) is 0 Å². The average molecular weight is 258 g/mol. The van der Waals surface area contributed by atoms with Crippen molar-refractivity contribution in [1.29, 1.82) is 0 Å². The van der Waals surface area contributed by atoms with Crippen molar-refractivity contribution in [3.63, 3.8) is 0 Å². The van der Waals surface area contributed by atoms with Gasteiger partial charge in [0.15, 0.2) is 0 Å². The average Bonchev–Trinajstić information content (AvgIpc) is 2.75. The van der Waals surface area contributed by atoms with Crippen LogP contribution in [-0.2, 0) is 13.0 Å². The lowest BCUT2D eigenvalue weighted by Gasteiger charge is -2.44. The van der Waals surface area contributed by atoms with Crippen LogP contribution in [0.3, 0.4) is 0 Å². The van der Waals surface area contributed by atoms with Gasteiger partial charge in [-0.25, -0.2) is 0 Å². The minimum Gasteiger partial charge on any atom is -0.329 e. The third-order valence-corrected chi connectivity index (χ3v) is 5.26. The zero-order valence-electron chi connectivity index (χ0n) is 12.3. The molecule has 1 saturated carbocycles. The Morgan fingerprint density at radius 1 is 1.16 bits per heavy atom. The quantitative estimate of drug-likeness (QED) is 0.883. The molecular weight excluding hydrogens is 232 g/mol. The molecule has 1 fully saturated rings. The molecule has 0 amide bonds. The van der Waals surface area contributed by atoms with Gasteiger partial charge in [-0.1, -0.05) is 38.1 Å². The number of hydrogen-bond acceptors (Lipinski definition) is 2. The van der Waals surface area contributed by atoms with Crippen molar-refractivity contribution < 1.29 is 0 Å². The Labute approximate surface area is 117 Å². The lowest BCUT2D eigenvalue weighted by molar-refractivity contribution is 0.0748. The second-order valence-corrected chi connectivity index (χ2v) is 7.21. The second kappa shape index (κ2) is 4.60. The first-order valence-electron chi connectivity index (χ1n) is 7.57. The number of nitrogens with zero attached hydrogens (tertiary/aromatic N) is 1. The summed E-state index contributed by atoms with van der Waals surface area (Å²) in [6, 6.07) is 8.88. The van der Waals surface area contributed by atoms with Crippen LogP contribution in [0.5, 0.6) is 0 Å². The van der Waals surface area contributed by atoms with E-state index in [2.05, 4.69) is 43.0 Å². The predicted molar refractivity (Wildman–Crippen MR) is 80.0 cm³/mol. The minimum atomic E-state index is 0.247. The van der Waals surface area contributed by atoms with E-state index in [0.29, 0.717) is 5.41 Å². The molecule has 0 bridgehead atoms. The van der Waals surface area contributed by atoms with Gasteiger partial charge in [-0.3, -0.25) is 4.90 Å². The van der Waals surface area contributed by atoms with Crippen molar-refractivity contribution in [2.45, 2.75) is 51.6 Å². The zero-order chi connectivity index (χ0) is 13.5. The summed E-state index contributed by atoms with van der Waals surface area (Å²) in [5.74, 6) is 0. The van der Waals surface area contributed by atoms with Gasteiger partial charge in [0.2, 0.25) is 0 Å². The van der Waals surface area contributed by atoms with E-state index < -0.39 is 0 Å². The van der Waals surface area contributed by atoms with Crippen LogP contribution in [0.25, 0.3) is 0 Å². The van der Waals surface area contributed by atoms with Crippen LogP contribution in [0.2, 0.25) is 0 Å². The first-order valence-corrected chi connectivity index (χ1v) is 7.57. The number of benzene rings is 1. The van der Waals surface area contributed by atoms with Crippen molar-refractivity contribution in [3.05, 3.63) is 35.4 Å². The highest BCUT2D eigenvalue weighted by atomic mass is 15.2. The van der Waals surface area contributed by atoms with Gasteiger partial charge in [-0.2, -0.15) is 0 Å². The van der Waals surface area contributed by atoms with E-state index in [1.165, 1.54) is 43.4 Å². The van der Waals surface area contributed by atoms with Gasteiger partial charge in [0.25, 0.3) is 0 Å². The van der Waals surface area contributed by atoms with Crippen LogP contribution in [-0.4, -0.2) is 23.5 Å². The van der Waals surface area contributed by atoms with E-state index in [4.69, 9.17) is 5.73 Å². The van der Waals surface area contributed by atoms with Crippen molar-refractivity contribution in [3.8, 4) is 0 Å². The van der Waals surface area contributed by atoms with Gasteiger partial charge >= 0.3 is 0 Å². The van der Waals surface area contributed by atoms with Gasteiger partial charge < -0.3 is 5.73 Å². The Morgan fingerprint density at radius 2 is 1.89 bits per heavy atom. The van der Waals surface area contributed by atoms with E-state index in [9.17, 15) is 0 Å². The Kier molecular flexibility index (Phi) is 3.18. The summed E-state index contributed by atoms with van der Waals surface area (Å²) >= 11 is 0. The van der Waals surface area contributed by atoms with E-state index in [-0.39, 0.29) is 5.54 Å². The van der Waals surface area contributed by atoms with Crippen molar-refractivity contribution >= 4 is 0 Å². The van der Waals surface area contributed by atoms with Crippen molar-refractivity contribution in [2.24, 2.45) is 11.1 Å². The van der Waals surface area contributed by atoms with Crippen LogP contribution >= 0.6 is 0 Å². The SMILES string of the molecule is CC1(C)CCC(CN)(N2CCc3ccccc3C2)C1. The third kappa shape index (κ3) is 2.32. The maximum atomic E-state index is 6.20. The lowest BCUT2D eigenvalue weighted by Crippen LogP contribution is -2.54. The molecule has 1 heterocycles. The Bertz CT molecular complexity index is 466. The van der Waals surface area contributed by atoms with Gasteiger partial charge in [0, 0.05) is 25.2 Å². The number of hydrogen-bond donors (Lipinski definition) is 1. The molecule has 1 atom stereocenters. The van der Waals surface area contributed by atoms with Crippen molar-refractivity contribution in [2.75, 3.05) is 13.1 Å². The van der Waals surface area contributed by atoms with E-state index in [0.717, 1.165) is 13.1 Å². The maximum Gasteiger partial charge on any atom is 0.0340 e. The summed E-state index contributed by atoms with van der Waals surface area (Å²) in [5, 5.41) is 0.